The van der Waals surface area contributed by atoms with Gasteiger partial charge in [0, 0.05) is 24.2 Å². The number of rotatable bonds is 6. The second-order valence-electron chi connectivity index (χ2n) is 4.78. The topological polar surface area (TPSA) is 76.7 Å². The summed E-state index contributed by atoms with van der Waals surface area (Å²) in [5.74, 6) is 1.16. The van der Waals surface area contributed by atoms with Gasteiger partial charge in [-0.25, -0.2) is 8.42 Å². The van der Waals surface area contributed by atoms with Crippen LogP contribution in [0.3, 0.4) is 0 Å². The van der Waals surface area contributed by atoms with Crippen LogP contribution in [0.25, 0.3) is 0 Å². The maximum Gasteiger partial charge on any atom is 0.234 e. The summed E-state index contributed by atoms with van der Waals surface area (Å²) in [6.07, 6.45) is 1.91. The molecule has 1 aliphatic rings. The molecule has 6 nitrogen and oxygen atoms in total. The number of ether oxygens (including phenoxy) is 2. The monoisotopic (exact) mass is 300 g/mol. The summed E-state index contributed by atoms with van der Waals surface area (Å²) in [5.41, 5.74) is 0.444. The fourth-order valence-electron chi connectivity index (χ4n) is 2.25. The molecule has 1 heterocycles. The predicted octanol–water partition coefficient (Wildman–Crippen LogP) is 1.20. The molecule has 20 heavy (non-hydrogen) atoms. The van der Waals surface area contributed by atoms with Gasteiger partial charge in [0.25, 0.3) is 0 Å². The molecule has 0 amide bonds. The van der Waals surface area contributed by atoms with E-state index in [4.69, 9.17) is 9.47 Å². The van der Waals surface area contributed by atoms with E-state index >= 15 is 0 Å². The molecule has 0 bridgehead atoms. The van der Waals surface area contributed by atoms with Gasteiger partial charge in [-0.1, -0.05) is 0 Å². The van der Waals surface area contributed by atoms with Crippen LogP contribution >= 0.6 is 0 Å². The van der Waals surface area contributed by atoms with E-state index in [1.54, 1.807) is 18.2 Å². The Morgan fingerprint density at radius 1 is 1.25 bits per heavy atom. The Balaban J connectivity index is 2.11. The van der Waals surface area contributed by atoms with Gasteiger partial charge in [-0.3, -0.25) is 4.72 Å². The highest BCUT2D eigenvalue weighted by Crippen LogP contribution is 2.26. The Morgan fingerprint density at radius 3 is 2.40 bits per heavy atom. The van der Waals surface area contributed by atoms with Crippen LogP contribution in [0.1, 0.15) is 12.8 Å². The van der Waals surface area contributed by atoms with E-state index in [0.717, 1.165) is 19.4 Å². The largest absolute Gasteiger partial charge is 0.497 e. The minimum Gasteiger partial charge on any atom is -0.497 e. The molecule has 0 aliphatic carbocycles. The molecule has 1 aromatic carbocycles. The highest BCUT2D eigenvalue weighted by molar-refractivity contribution is 7.92. The molecular weight excluding hydrogens is 280 g/mol. The molecule has 1 aromatic rings. The van der Waals surface area contributed by atoms with Gasteiger partial charge in [-0.15, -0.1) is 0 Å². The summed E-state index contributed by atoms with van der Waals surface area (Å²) in [6.45, 7) is 0.882. The minimum absolute atomic E-state index is 0.0278. The van der Waals surface area contributed by atoms with Crippen molar-refractivity contribution < 1.29 is 17.9 Å². The molecule has 0 spiro atoms. The Bertz CT molecular complexity index is 531. The van der Waals surface area contributed by atoms with Gasteiger partial charge in [0.05, 0.1) is 25.7 Å². The first-order valence-electron chi connectivity index (χ1n) is 6.49. The quantitative estimate of drug-likeness (QED) is 0.825. The third-order valence-corrected chi connectivity index (χ3v) is 4.60. The van der Waals surface area contributed by atoms with Crippen LogP contribution in [0.2, 0.25) is 0 Å². The van der Waals surface area contributed by atoms with Gasteiger partial charge < -0.3 is 14.8 Å². The standard InChI is InChI=1S/C13H20N2O4S/c1-18-12-6-11(7-13(8-12)19-2)15-20(16,17)9-10-4-3-5-14-10/h6-8,10,14-15H,3-5,9H2,1-2H3. The zero-order chi connectivity index (χ0) is 14.6. The molecule has 0 radical (unpaired) electrons. The van der Waals surface area contributed by atoms with E-state index in [-0.39, 0.29) is 11.8 Å². The fraction of sp³-hybridized carbons (Fsp3) is 0.538. The van der Waals surface area contributed by atoms with Crippen molar-refractivity contribution in [1.82, 2.24) is 5.32 Å². The van der Waals surface area contributed by atoms with Crippen molar-refractivity contribution in [2.45, 2.75) is 18.9 Å². The third-order valence-electron chi connectivity index (χ3n) is 3.21. The van der Waals surface area contributed by atoms with Gasteiger partial charge in [0.1, 0.15) is 11.5 Å². The van der Waals surface area contributed by atoms with Crippen LogP contribution in [0.5, 0.6) is 11.5 Å². The molecular formula is C13H20N2O4S. The summed E-state index contributed by atoms with van der Waals surface area (Å²) in [6, 6.07) is 4.97. The van der Waals surface area contributed by atoms with Crippen LogP contribution in [-0.2, 0) is 10.0 Å². The number of hydrogen-bond donors (Lipinski definition) is 2. The first kappa shape index (κ1) is 14.9. The Kier molecular flexibility index (Phi) is 4.72. The van der Waals surface area contributed by atoms with Crippen LogP contribution in [0.4, 0.5) is 5.69 Å². The Morgan fingerprint density at radius 2 is 1.90 bits per heavy atom. The zero-order valence-electron chi connectivity index (χ0n) is 11.7. The highest BCUT2D eigenvalue weighted by atomic mass is 32.2. The molecule has 7 heteroatoms. The number of anilines is 1. The van der Waals surface area contributed by atoms with Gasteiger partial charge in [0.2, 0.25) is 10.0 Å². The summed E-state index contributed by atoms with van der Waals surface area (Å²) in [7, 11) is -0.345. The van der Waals surface area contributed by atoms with Crippen molar-refractivity contribution in [3.05, 3.63) is 18.2 Å². The molecule has 1 saturated heterocycles. The summed E-state index contributed by atoms with van der Waals surface area (Å²) in [4.78, 5) is 0. The lowest BCUT2D eigenvalue weighted by Crippen LogP contribution is -2.32. The van der Waals surface area contributed by atoms with E-state index in [2.05, 4.69) is 10.0 Å². The Labute approximate surface area is 119 Å². The van der Waals surface area contributed by atoms with E-state index in [0.29, 0.717) is 17.2 Å². The molecule has 2 rings (SSSR count). The zero-order valence-corrected chi connectivity index (χ0v) is 12.5. The van der Waals surface area contributed by atoms with E-state index < -0.39 is 10.0 Å². The molecule has 1 atom stereocenters. The predicted molar refractivity (Wildman–Crippen MR) is 78.0 cm³/mol. The smallest absolute Gasteiger partial charge is 0.234 e. The maximum absolute atomic E-state index is 12.1. The SMILES string of the molecule is COc1cc(NS(=O)(=O)CC2CCCN2)cc(OC)c1. The molecule has 0 saturated carbocycles. The number of hydrogen-bond acceptors (Lipinski definition) is 5. The van der Waals surface area contributed by atoms with E-state index in [1.807, 2.05) is 0 Å². The molecule has 1 unspecified atom stereocenters. The first-order chi connectivity index (χ1) is 9.52. The fourth-order valence-corrected chi connectivity index (χ4v) is 3.63. The molecule has 2 N–H and O–H groups in total. The van der Waals surface area contributed by atoms with Crippen molar-refractivity contribution in [2.75, 3.05) is 31.2 Å². The summed E-state index contributed by atoms with van der Waals surface area (Å²) < 4.78 is 37.0. The van der Waals surface area contributed by atoms with Crippen LogP contribution in [-0.4, -0.2) is 41.0 Å². The lowest BCUT2D eigenvalue weighted by atomic mass is 10.3. The number of nitrogens with one attached hydrogen (secondary N) is 2. The molecule has 1 fully saturated rings. The first-order valence-corrected chi connectivity index (χ1v) is 8.14. The average molecular weight is 300 g/mol. The van der Waals surface area contributed by atoms with Gasteiger partial charge >= 0.3 is 0 Å². The number of sulfonamides is 1. The van der Waals surface area contributed by atoms with Gasteiger partial charge in [0.15, 0.2) is 0 Å². The Hall–Kier alpha value is -1.47. The lowest BCUT2D eigenvalue weighted by Gasteiger charge is -2.14. The second-order valence-corrected chi connectivity index (χ2v) is 6.55. The van der Waals surface area contributed by atoms with Crippen molar-refractivity contribution in [2.24, 2.45) is 0 Å². The van der Waals surface area contributed by atoms with Crippen molar-refractivity contribution >= 4 is 15.7 Å². The van der Waals surface area contributed by atoms with Gasteiger partial charge in [-0.2, -0.15) is 0 Å². The van der Waals surface area contributed by atoms with E-state index in [1.165, 1.54) is 14.2 Å². The maximum atomic E-state index is 12.1. The molecule has 0 aromatic heterocycles. The lowest BCUT2D eigenvalue weighted by molar-refractivity contribution is 0.395. The van der Waals surface area contributed by atoms with Crippen molar-refractivity contribution in [1.29, 1.82) is 0 Å². The van der Waals surface area contributed by atoms with Crippen molar-refractivity contribution in [3.8, 4) is 11.5 Å². The summed E-state index contributed by atoms with van der Waals surface area (Å²) in [5, 5.41) is 3.18. The normalized spacial score (nSPS) is 18.8. The number of methoxy groups -OCH3 is 2. The van der Waals surface area contributed by atoms with Crippen LogP contribution in [0, 0.1) is 0 Å². The van der Waals surface area contributed by atoms with Crippen LogP contribution in [0.15, 0.2) is 18.2 Å². The second kappa shape index (κ2) is 6.32. The third kappa shape index (κ3) is 4.01. The van der Waals surface area contributed by atoms with Gasteiger partial charge in [-0.05, 0) is 19.4 Å². The molecule has 112 valence electrons. The molecule has 1 aliphatic heterocycles. The van der Waals surface area contributed by atoms with Crippen LogP contribution < -0.4 is 19.5 Å². The average Bonchev–Trinajstić information content (AvgIpc) is 2.89. The summed E-state index contributed by atoms with van der Waals surface area (Å²) >= 11 is 0. The van der Waals surface area contributed by atoms with Crippen molar-refractivity contribution in [3.63, 3.8) is 0 Å². The van der Waals surface area contributed by atoms with E-state index in [9.17, 15) is 8.42 Å². The highest BCUT2D eigenvalue weighted by Gasteiger charge is 2.22. The minimum atomic E-state index is -3.39. The number of benzene rings is 1.